The van der Waals surface area contributed by atoms with E-state index < -0.39 is 18.1 Å². The molecule has 2 nitrogen and oxygen atoms in total. The number of alkyl halides is 3. The first-order chi connectivity index (χ1) is 14.0. The maximum Gasteiger partial charge on any atom is 0.394 e. The minimum absolute atomic E-state index is 0.00957. The molecule has 0 aliphatic carbocycles. The third-order valence-corrected chi connectivity index (χ3v) is 4.98. The quantitative estimate of drug-likeness (QED) is 0.391. The van der Waals surface area contributed by atoms with Gasteiger partial charge in [0, 0.05) is 6.20 Å². The van der Waals surface area contributed by atoms with Crippen molar-refractivity contribution in [2.45, 2.75) is 18.1 Å². The molecule has 0 bridgehead atoms. The van der Waals surface area contributed by atoms with Crippen molar-refractivity contribution in [3.8, 4) is 0 Å². The lowest BCUT2D eigenvalue weighted by Gasteiger charge is -2.37. The zero-order valence-electron chi connectivity index (χ0n) is 15.6. The number of rotatable bonds is 5. The molecule has 0 spiro atoms. The third-order valence-electron chi connectivity index (χ3n) is 4.98. The van der Waals surface area contributed by atoms with Crippen LogP contribution in [0.15, 0.2) is 104 Å². The van der Waals surface area contributed by atoms with Crippen molar-refractivity contribution in [3.05, 3.63) is 126 Å². The predicted octanol–water partition coefficient (Wildman–Crippen LogP) is 5.83. The van der Waals surface area contributed by atoms with Gasteiger partial charge in [-0.15, -0.1) is 0 Å². The summed E-state index contributed by atoms with van der Waals surface area (Å²) in [4.78, 5) is 4.09. The molecular formula is C24H19F3N2. The van der Waals surface area contributed by atoms with Crippen molar-refractivity contribution in [2.24, 2.45) is 0 Å². The van der Waals surface area contributed by atoms with Crippen LogP contribution >= 0.6 is 0 Å². The first-order valence-corrected chi connectivity index (χ1v) is 9.27. The summed E-state index contributed by atoms with van der Waals surface area (Å²) < 4.78 is 40.7. The number of aromatic nitrogens is 2. The van der Waals surface area contributed by atoms with E-state index in [-0.39, 0.29) is 5.69 Å². The van der Waals surface area contributed by atoms with Gasteiger partial charge in [-0.1, -0.05) is 91.0 Å². The topological polar surface area (TPSA) is 17.8 Å². The molecule has 1 aromatic heterocycles. The number of imidazole rings is 1. The lowest BCUT2D eigenvalue weighted by Crippen LogP contribution is -2.37. The number of hydrogen-bond acceptors (Lipinski definition) is 1. The second-order valence-corrected chi connectivity index (χ2v) is 6.87. The summed E-state index contributed by atoms with van der Waals surface area (Å²) in [5, 5.41) is 0. The Bertz CT molecular complexity index is 959. The molecule has 0 saturated carbocycles. The highest BCUT2D eigenvalue weighted by Crippen LogP contribution is 2.41. The fourth-order valence-corrected chi connectivity index (χ4v) is 3.83. The first kappa shape index (κ1) is 19.0. The molecule has 0 radical (unpaired) electrons. The van der Waals surface area contributed by atoms with Crippen molar-refractivity contribution in [1.29, 1.82) is 0 Å². The van der Waals surface area contributed by atoms with Crippen LogP contribution in [0, 0.1) is 0 Å². The van der Waals surface area contributed by atoms with Crippen LogP contribution < -0.4 is 0 Å². The van der Waals surface area contributed by atoms with Crippen LogP contribution in [0.5, 0.6) is 0 Å². The van der Waals surface area contributed by atoms with Gasteiger partial charge < -0.3 is 4.57 Å². The molecule has 1 heterocycles. The van der Waals surface area contributed by atoms with E-state index in [0.717, 1.165) is 16.7 Å². The second-order valence-electron chi connectivity index (χ2n) is 6.87. The van der Waals surface area contributed by atoms with Gasteiger partial charge in [-0.25, -0.2) is 4.98 Å². The predicted molar refractivity (Wildman–Crippen MR) is 107 cm³/mol. The van der Waals surface area contributed by atoms with Crippen LogP contribution in [0.4, 0.5) is 13.2 Å². The Morgan fingerprint density at radius 3 is 1.45 bits per heavy atom. The molecule has 0 N–H and O–H groups in total. The van der Waals surface area contributed by atoms with Crippen LogP contribution in [0.2, 0.25) is 0 Å². The molecule has 0 unspecified atom stereocenters. The van der Waals surface area contributed by atoms with E-state index in [1.165, 1.54) is 12.5 Å². The molecule has 0 fully saturated rings. The van der Waals surface area contributed by atoms with Crippen molar-refractivity contribution in [3.63, 3.8) is 0 Å². The molecule has 5 heteroatoms. The zero-order valence-corrected chi connectivity index (χ0v) is 15.6. The summed E-state index contributed by atoms with van der Waals surface area (Å²) in [5.74, 6) is 0. The Kier molecular flexibility index (Phi) is 4.97. The molecule has 0 aliphatic heterocycles. The van der Waals surface area contributed by atoms with Crippen LogP contribution in [-0.2, 0) is 12.0 Å². The van der Waals surface area contributed by atoms with Gasteiger partial charge in [0.1, 0.15) is 5.54 Å². The largest absolute Gasteiger partial charge is 0.394 e. The Labute approximate surface area is 167 Å². The van der Waals surface area contributed by atoms with E-state index >= 15 is 0 Å². The van der Waals surface area contributed by atoms with E-state index in [9.17, 15) is 13.2 Å². The normalized spacial score (nSPS) is 12.1. The average molecular weight is 392 g/mol. The number of hydrogen-bond donors (Lipinski definition) is 0. The highest BCUT2D eigenvalue weighted by Gasteiger charge is 2.39. The highest BCUT2D eigenvalue weighted by molar-refractivity contribution is 5.50. The van der Waals surface area contributed by atoms with Gasteiger partial charge in [0.25, 0.3) is 0 Å². The maximum atomic E-state index is 13.0. The summed E-state index contributed by atoms with van der Waals surface area (Å²) in [6, 6.07) is 29.3. The fourth-order valence-electron chi connectivity index (χ4n) is 3.83. The van der Waals surface area contributed by atoms with Gasteiger partial charge in [-0.05, 0) is 16.7 Å². The van der Waals surface area contributed by atoms with Crippen molar-refractivity contribution in [2.75, 3.05) is 0 Å². The Hall–Kier alpha value is -3.34. The maximum absolute atomic E-state index is 13.0. The first-order valence-electron chi connectivity index (χ1n) is 9.27. The SMILES string of the molecule is FC(F)(F)Cc1cn(C(c2ccccc2)(c2ccccc2)c2ccccc2)cn1. The smallest absolute Gasteiger partial charge is 0.319 e. The Morgan fingerprint density at radius 1 is 0.655 bits per heavy atom. The van der Waals surface area contributed by atoms with Crippen molar-refractivity contribution >= 4 is 0 Å². The van der Waals surface area contributed by atoms with Crippen LogP contribution in [0.1, 0.15) is 22.4 Å². The molecular weight excluding hydrogens is 373 g/mol. The third kappa shape index (κ3) is 3.68. The summed E-state index contributed by atoms with van der Waals surface area (Å²) in [7, 11) is 0. The van der Waals surface area contributed by atoms with Gasteiger partial charge in [0.05, 0.1) is 18.4 Å². The van der Waals surface area contributed by atoms with Crippen LogP contribution in [0.25, 0.3) is 0 Å². The van der Waals surface area contributed by atoms with Crippen molar-refractivity contribution in [1.82, 2.24) is 9.55 Å². The van der Waals surface area contributed by atoms with Crippen molar-refractivity contribution < 1.29 is 13.2 Å². The summed E-state index contributed by atoms with van der Waals surface area (Å²) >= 11 is 0. The summed E-state index contributed by atoms with van der Waals surface area (Å²) in [5.41, 5.74) is 1.96. The molecule has 0 aliphatic rings. The van der Waals surface area contributed by atoms with Crippen LogP contribution in [0.3, 0.4) is 0 Å². The van der Waals surface area contributed by atoms with E-state index in [0.29, 0.717) is 0 Å². The van der Waals surface area contributed by atoms with Gasteiger partial charge >= 0.3 is 6.18 Å². The van der Waals surface area contributed by atoms with Gasteiger partial charge in [0.2, 0.25) is 0 Å². The molecule has 0 saturated heterocycles. The Balaban J connectivity index is 2.01. The molecule has 146 valence electrons. The number of halogens is 3. The monoisotopic (exact) mass is 392 g/mol. The molecule has 0 amide bonds. The Morgan fingerprint density at radius 2 is 1.07 bits per heavy atom. The summed E-state index contributed by atoms with van der Waals surface area (Å²) in [6.45, 7) is 0. The van der Waals surface area contributed by atoms with Crippen LogP contribution in [-0.4, -0.2) is 15.7 Å². The molecule has 3 aromatic carbocycles. The second kappa shape index (κ2) is 7.59. The zero-order chi connectivity index (χ0) is 20.3. The molecule has 0 atom stereocenters. The standard InChI is InChI=1S/C24H19F3N2/c25-23(26,27)16-22-17-29(18-28-22)24(19-10-4-1-5-11-19,20-12-6-2-7-13-20)21-14-8-3-9-15-21/h1-15,17-18H,16H2. The van der Waals surface area contributed by atoms with Gasteiger partial charge in [0.15, 0.2) is 0 Å². The van der Waals surface area contributed by atoms with E-state index in [1.807, 2.05) is 91.0 Å². The highest BCUT2D eigenvalue weighted by atomic mass is 19.4. The van der Waals surface area contributed by atoms with E-state index in [1.54, 1.807) is 4.57 Å². The average Bonchev–Trinajstić information content (AvgIpc) is 3.18. The van der Waals surface area contributed by atoms with E-state index in [4.69, 9.17) is 0 Å². The lowest BCUT2D eigenvalue weighted by molar-refractivity contribution is -0.127. The minimum atomic E-state index is -4.31. The van der Waals surface area contributed by atoms with Gasteiger partial charge in [-0.2, -0.15) is 13.2 Å². The lowest BCUT2D eigenvalue weighted by atomic mass is 9.77. The molecule has 4 rings (SSSR count). The van der Waals surface area contributed by atoms with E-state index in [2.05, 4.69) is 4.98 Å². The summed E-state index contributed by atoms with van der Waals surface area (Å²) in [6.07, 6.45) is -2.38. The molecule has 29 heavy (non-hydrogen) atoms. The minimum Gasteiger partial charge on any atom is -0.319 e. The fraction of sp³-hybridized carbons (Fsp3) is 0.125. The molecule has 4 aromatic rings. The number of benzene rings is 3. The van der Waals surface area contributed by atoms with Gasteiger partial charge in [-0.3, -0.25) is 0 Å². The number of nitrogens with zero attached hydrogens (tertiary/aromatic N) is 2.